The van der Waals surface area contributed by atoms with Gasteiger partial charge < -0.3 is 30.3 Å². The number of fused-ring (bicyclic) bond motifs is 1. The molecule has 4 rings (SSSR count). The predicted molar refractivity (Wildman–Crippen MR) is 208 cm³/mol. The van der Waals surface area contributed by atoms with E-state index in [0.29, 0.717) is 17.6 Å². The average molecular weight is 790 g/mol. The van der Waals surface area contributed by atoms with Crippen molar-refractivity contribution >= 4 is 19.2 Å². The van der Waals surface area contributed by atoms with Gasteiger partial charge in [-0.05, 0) is 44.0 Å². The molecule has 0 saturated carbocycles. The fourth-order valence-corrected chi connectivity index (χ4v) is 7.90. The lowest BCUT2D eigenvalue weighted by Crippen LogP contribution is -2.44. The third-order valence-corrected chi connectivity index (χ3v) is 11.3. The number of halogens is 1. The van der Waals surface area contributed by atoms with Gasteiger partial charge in [-0.2, -0.15) is 10.4 Å². The zero-order valence-electron chi connectivity index (χ0n) is 32.5. The number of aliphatic hydroxyl groups is 2. The summed E-state index contributed by atoms with van der Waals surface area (Å²) in [4.78, 5) is 14.6. The van der Waals surface area contributed by atoms with Crippen LogP contribution in [0, 0.1) is 17.1 Å². The second-order valence-electron chi connectivity index (χ2n) is 15.0. The number of nitrogens with zero attached hydrogens (tertiary/aromatic N) is 4. The first kappa shape index (κ1) is 44.6. The molecule has 306 valence electrons. The molecule has 1 saturated heterocycles. The molecular formula is C40H61FN5O8P. The molecule has 0 radical (unpaired) electrons. The van der Waals surface area contributed by atoms with E-state index < -0.39 is 50.3 Å². The number of hydrogen-bond acceptors (Lipinski definition) is 11. The molecule has 13 nitrogen and oxygen atoms in total. The van der Waals surface area contributed by atoms with Crippen LogP contribution in [0.2, 0.25) is 0 Å². The average Bonchev–Trinajstić information content (AvgIpc) is 3.70. The van der Waals surface area contributed by atoms with Crippen molar-refractivity contribution in [2.75, 3.05) is 18.9 Å². The lowest BCUT2D eigenvalue weighted by atomic mass is 9.97. The van der Waals surface area contributed by atoms with Crippen molar-refractivity contribution in [1.29, 1.82) is 5.26 Å². The Balaban J connectivity index is 1.20. The van der Waals surface area contributed by atoms with Gasteiger partial charge in [0.2, 0.25) is 0 Å². The molecule has 0 spiro atoms. The van der Waals surface area contributed by atoms with Gasteiger partial charge >= 0.3 is 7.82 Å². The van der Waals surface area contributed by atoms with Gasteiger partial charge in [-0.15, -0.1) is 0 Å². The number of phosphoric ester groups is 1. The maximum atomic E-state index is 14.3. The van der Waals surface area contributed by atoms with E-state index in [1.54, 1.807) is 18.2 Å². The normalized spacial score (nSPS) is 21.4. The van der Waals surface area contributed by atoms with E-state index >= 15 is 0 Å². The third kappa shape index (κ3) is 13.8. The van der Waals surface area contributed by atoms with Gasteiger partial charge in [-0.3, -0.25) is 9.05 Å². The SMILES string of the molecule is CCCCCCCCCCCCCCCCCCC[C@H](COP(=O)(O)OC[C@@]1(C)O[C@@H](c2ccc3c(N)ncnn23)[C@H](O)[C@@H]1O)Oc1ccc(C#N)c(F)c1. The summed E-state index contributed by atoms with van der Waals surface area (Å²) in [5.74, 6) is -0.359. The third-order valence-electron chi connectivity index (χ3n) is 10.4. The Bertz CT molecular complexity index is 1690. The molecule has 6 atom stereocenters. The summed E-state index contributed by atoms with van der Waals surface area (Å²) >= 11 is 0. The number of nitrogen functional groups attached to an aromatic ring is 1. The molecule has 0 amide bonds. The van der Waals surface area contributed by atoms with Crippen LogP contribution in [0.5, 0.6) is 5.75 Å². The summed E-state index contributed by atoms with van der Waals surface area (Å²) < 4.78 is 51.5. The van der Waals surface area contributed by atoms with Gasteiger partial charge in [0.05, 0.1) is 24.5 Å². The molecular weight excluding hydrogens is 728 g/mol. The number of benzene rings is 1. The van der Waals surface area contributed by atoms with Crippen molar-refractivity contribution in [3.63, 3.8) is 0 Å². The Morgan fingerprint density at radius 2 is 1.56 bits per heavy atom. The van der Waals surface area contributed by atoms with Gasteiger partial charge in [0, 0.05) is 6.07 Å². The van der Waals surface area contributed by atoms with E-state index in [1.165, 1.54) is 113 Å². The maximum absolute atomic E-state index is 14.3. The second kappa shape index (κ2) is 22.6. The number of anilines is 1. The van der Waals surface area contributed by atoms with Crippen LogP contribution in [-0.4, -0.2) is 66.8 Å². The Morgan fingerprint density at radius 3 is 2.15 bits per heavy atom. The predicted octanol–water partition coefficient (Wildman–Crippen LogP) is 8.50. The first-order valence-corrected chi connectivity index (χ1v) is 21.6. The van der Waals surface area contributed by atoms with E-state index in [9.17, 15) is 24.1 Å². The lowest BCUT2D eigenvalue weighted by Gasteiger charge is -2.28. The molecule has 0 bridgehead atoms. The van der Waals surface area contributed by atoms with Gasteiger partial charge in [0.25, 0.3) is 0 Å². The van der Waals surface area contributed by atoms with E-state index in [2.05, 4.69) is 17.0 Å². The fraction of sp³-hybridized carbons (Fsp3) is 0.675. The van der Waals surface area contributed by atoms with Gasteiger partial charge in [0.1, 0.15) is 59.5 Å². The minimum Gasteiger partial charge on any atom is -0.488 e. The highest BCUT2D eigenvalue weighted by molar-refractivity contribution is 7.47. The van der Waals surface area contributed by atoms with E-state index in [4.69, 9.17) is 29.5 Å². The van der Waals surface area contributed by atoms with E-state index in [0.717, 1.165) is 31.7 Å². The summed E-state index contributed by atoms with van der Waals surface area (Å²) in [6.07, 6.45) is 18.1. The quantitative estimate of drug-likeness (QED) is 0.0426. The maximum Gasteiger partial charge on any atom is 0.472 e. The Kier molecular flexibility index (Phi) is 18.3. The zero-order valence-corrected chi connectivity index (χ0v) is 33.4. The summed E-state index contributed by atoms with van der Waals surface area (Å²) in [6, 6.07) is 8.94. The smallest absolute Gasteiger partial charge is 0.472 e. The number of phosphoric acid groups is 1. The number of nitriles is 1. The Morgan fingerprint density at radius 1 is 0.964 bits per heavy atom. The van der Waals surface area contributed by atoms with Crippen LogP contribution in [0.25, 0.3) is 5.52 Å². The standard InChI is InChI=1S/C40H61FN5O8P/c1-3-4-5-6-7-8-9-10-11-12-13-14-15-16-17-18-19-20-32(53-31-22-21-30(26-42)33(41)25-31)27-51-55(49,50)52-28-40(2)38(48)36(47)37(54-40)34-23-24-35-39(43)44-29-45-46(34)35/h21-25,29,32,36-38,47-48H,3-20,27-28H2,1-2H3,(H,49,50)(H2,43,44,45)/t32-,36+,37+,38+,40-/m1/s1. The highest BCUT2D eigenvalue weighted by atomic mass is 31.2. The molecule has 1 aliphatic heterocycles. The van der Waals surface area contributed by atoms with Crippen LogP contribution in [0.3, 0.4) is 0 Å². The van der Waals surface area contributed by atoms with Crippen molar-refractivity contribution in [2.24, 2.45) is 0 Å². The highest BCUT2D eigenvalue weighted by Gasteiger charge is 2.53. The zero-order chi connectivity index (χ0) is 39.7. The molecule has 2 aromatic heterocycles. The number of ether oxygens (including phenoxy) is 2. The highest BCUT2D eigenvalue weighted by Crippen LogP contribution is 2.48. The van der Waals surface area contributed by atoms with Crippen LogP contribution < -0.4 is 10.5 Å². The largest absolute Gasteiger partial charge is 0.488 e. The summed E-state index contributed by atoms with van der Waals surface area (Å²) in [5, 5.41) is 35.1. The van der Waals surface area contributed by atoms with Crippen molar-refractivity contribution in [3.05, 3.63) is 53.7 Å². The van der Waals surface area contributed by atoms with Crippen LogP contribution in [0.15, 0.2) is 36.7 Å². The summed E-state index contributed by atoms with van der Waals surface area (Å²) in [7, 11) is -4.73. The molecule has 5 N–H and O–H groups in total. The van der Waals surface area contributed by atoms with Crippen LogP contribution >= 0.6 is 7.82 Å². The van der Waals surface area contributed by atoms with Crippen molar-refractivity contribution in [1.82, 2.24) is 14.6 Å². The first-order valence-electron chi connectivity index (χ1n) is 20.1. The minimum atomic E-state index is -4.73. The molecule has 3 heterocycles. The molecule has 3 aromatic rings. The molecule has 1 aliphatic rings. The summed E-state index contributed by atoms with van der Waals surface area (Å²) in [5.41, 5.74) is 5.08. The first-order chi connectivity index (χ1) is 26.5. The molecule has 1 fully saturated rings. The number of aliphatic hydroxyl groups excluding tert-OH is 2. The molecule has 1 aromatic carbocycles. The number of aromatic nitrogens is 3. The van der Waals surface area contributed by atoms with Crippen molar-refractivity contribution < 1.29 is 42.6 Å². The van der Waals surface area contributed by atoms with Crippen LogP contribution in [-0.2, 0) is 18.3 Å². The number of nitrogens with two attached hydrogens (primary N) is 1. The van der Waals surface area contributed by atoms with Crippen LogP contribution in [0.4, 0.5) is 10.2 Å². The number of rotatable bonds is 27. The fourth-order valence-electron chi connectivity index (χ4n) is 7.05. The Labute approximate surface area is 325 Å². The number of hydrogen-bond donors (Lipinski definition) is 4. The monoisotopic (exact) mass is 789 g/mol. The molecule has 1 unspecified atom stereocenters. The van der Waals surface area contributed by atoms with Gasteiger partial charge in [0.15, 0.2) is 5.82 Å². The second-order valence-corrected chi connectivity index (χ2v) is 16.4. The number of unbranched alkanes of at least 4 members (excludes halogenated alkanes) is 16. The molecule has 15 heteroatoms. The van der Waals surface area contributed by atoms with Crippen molar-refractivity contribution in [2.45, 2.75) is 159 Å². The van der Waals surface area contributed by atoms with E-state index in [-0.39, 0.29) is 23.7 Å². The van der Waals surface area contributed by atoms with Crippen molar-refractivity contribution in [3.8, 4) is 11.8 Å². The topological polar surface area (TPSA) is 195 Å². The van der Waals surface area contributed by atoms with Gasteiger partial charge in [-0.1, -0.05) is 110 Å². The minimum absolute atomic E-state index is 0.124. The molecule has 55 heavy (non-hydrogen) atoms. The van der Waals surface area contributed by atoms with E-state index in [1.807, 2.05) is 0 Å². The molecule has 0 aliphatic carbocycles. The summed E-state index contributed by atoms with van der Waals surface area (Å²) in [6.45, 7) is 2.75. The van der Waals surface area contributed by atoms with Crippen LogP contribution in [0.1, 0.15) is 147 Å². The lowest BCUT2D eigenvalue weighted by molar-refractivity contribution is -0.0999. The Hall–Kier alpha value is -3.15. The van der Waals surface area contributed by atoms with Gasteiger partial charge in [-0.25, -0.2) is 18.5 Å².